The Labute approximate surface area is 224 Å². The molecule has 0 spiro atoms. The number of alkyl halides is 3. The highest BCUT2D eigenvalue weighted by Crippen LogP contribution is 2.39. The van der Waals surface area contributed by atoms with E-state index in [1.165, 1.54) is 24.7 Å². The maximum absolute atomic E-state index is 12.5. The van der Waals surface area contributed by atoms with Gasteiger partial charge in [0.1, 0.15) is 29.4 Å². The van der Waals surface area contributed by atoms with Crippen LogP contribution in [0.4, 0.5) is 24.7 Å². The number of nitrogens with zero attached hydrogens (tertiary/aromatic N) is 1. The van der Waals surface area contributed by atoms with Gasteiger partial charge in [-0.15, -0.1) is 0 Å². The molecule has 0 radical (unpaired) electrons. The van der Waals surface area contributed by atoms with E-state index in [4.69, 9.17) is 9.47 Å². The number of carbonyl (C=O) groups excluding carboxylic acids is 2. The quantitative estimate of drug-likeness (QED) is 0.349. The Morgan fingerprint density at radius 1 is 1.18 bits per heavy atom. The molecule has 208 valence electrons. The molecule has 0 bridgehead atoms. The van der Waals surface area contributed by atoms with Crippen LogP contribution in [0.1, 0.15) is 53.2 Å². The van der Waals surface area contributed by atoms with E-state index in [0.717, 1.165) is 35.5 Å². The van der Waals surface area contributed by atoms with Crippen LogP contribution in [0.5, 0.6) is 17.2 Å². The predicted octanol–water partition coefficient (Wildman–Crippen LogP) is 5.78. The minimum atomic E-state index is -4.45. The smallest absolute Gasteiger partial charge is 0.418 e. The van der Waals surface area contributed by atoms with E-state index in [2.05, 4.69) is 28.3 Å². The fourth-order valence-corrected chi connectivity index (χ4v) is 4.11. The van der Waals surface area contributed by atoms with Crippen molar-refractivity contribution in [3.8, 4) is 17.2 Å². The Balaban J connectivity index is 0.000000218. The summed E-state index contributed by atoms with van der Waals surface area (Å²) < 4.78 is 49.2. The average molecular weight is 545 g/mol. The van der Waals surface area contributed by atoms with Gasteiger partial charge in [0.25, 0.3) is 0 Å². The normalized spacial score (nSPS) is 15.2. The van der Waals surface area contributed by atoms with Crippen LogP contribution in [0.2, 0.25) is 0 Å². The third kappa shape index (κ3) is 7.26. The largest absolute Gasteiger partial charge is 0.493 e. The average Bonchev–Trinajstić information content (AvgIpc) is 3.30. The van der Waals surface area contributed by atoms with E-state index in [9.17, 15) is 22.8 Å². The van der Waals surface area contributed by atoms with E-state index in [0.29, 0.717) is 37.4 Å². The Morgan fingerprint density at radius 3 is 2.64 bits per heavy atom. The zero-order valence-electron chi connectivity index (χ0n) is 21.9. The van der Waals surface area contributed by atoms with Gasteiger partial charge in [0.15, 0.2) is 0 Å². The molecule has 1 amide bonds. The second kappa shape index (κ2) is 13.1. The molecular weight excluding hydrogens is 513 g/mol. The minimum Gasteiger partial charge on any atom is -0.493 e. The van der Waals surface area contributed by atoms with E-state index in [1.807, 2.05) is 24.3 Å². The van der Waals surface area contributed by atoms with Gasteiger partial charge in [-0.1, -0.05) is 6.92 Å². The van der Waals surface area contributed by atoms with Gasteiger partial charge < -0.3 is 25.8 Å². The van der Waals surface area contributed by atoms with Crippen molar-refractivity contribution < 1.29 is 32.2 Å². The maximum Gasteiger partial charge on any atom is 0.418 e. The summed E-state index contributed by atoms with van der Waals surface area (Å²) in [6.07, 6.45) is -1.29. The number of anilines is 2. The Kier molecular flexibility index (Phi) is 9.89. The van der Waals surface area contributed by atoms with Gasteiger partial charge in [0, 0.05) is 47.5 Å². The molecule has 0 saturated heterocycles. The number of fused-ring (bicyclic) bond motifs is 2. The van der Waals surface area contributed by atoms with Crippen molar-refractivity contribution in [2.45, 2.75) is 38.8 Å². The number of aldehydes is 1. The standard InChI is InChI=1S/C17H16N2O3.C10H10F3NO.CH5N/c1-10-9-21-14-4-2-11(8-13(10)14)22-15-6-7-18-17-12(15)3-5-16(20)19-17;1-2-14-9-4-3-7(6-15)5-8(9)10(11,12)13;1-2/h2,4,6-8,10H,3,5,9H2,1H3,(H,18,19,20);3-6,14H,2H2,1H3;2H2,1H3. The lowest BCUT2D eigenvalue weighted by Crippen LogP contribution is -2.20. The summed E-state index contributed by atoms with van der Waals surface area (Å²) >= 11 is 0. The molecule has 39 heavy (non-hydrogen) atoms. The molecule has 4 N–H and O–H groups in total. The molecule has 0 fully saturated rings. The summed E-state index contributed by atoms with van der Waals surface area (Å²) in [5, 5.41) is 5.38. The summed E-state index contributed by atoms with van der Waals surface area (Å²) in [4.78, 5) is 26.0. The molecule has 11 heteroatoms. The molecule has 2 aromatic carbocycles. The fraction of sp³-hybridized carbons (Fsp3) is 0.321. The lowest BCUT2D eigenvalue weighted by Gasteiger charge is -2.19. The molecule has 1 unspecified atom stereocenters. The Hall–Kier alpha value is -4.12. The van der Waals surface area contributed by atoms with Crippen molar-refractivity contribution in [3.63, 3.8) is 0 Å². The lowest BCUT2D eigenvalue weighted by atomic mass is 10.0. The van der Waals surface area contributed by atoms with Gasteiger partial charge in [-0.3, -0.25) is 9.59 Å². The van der Waals surface area contributed by atoms with E-state index in [-0.39, 0.29) is 17.2 Å². The third-order valence-corrected chi connectivity index (χ3v) is 5.95. The second-order valence-corrected chi connectivity index (χ2v) is 8.65. The molecule has 1 aromatic heterocycles. The number of carbonyl (C=O) groups is 2. The fourth-order valence-electron chi connectivity index (χ4n) is 4.11. The Morgan fingerprint density at radius 2 is 1.95 bits per heavy atom. The van der Waals surface area contributed by atoms with E-state index < -0.39 is 11.7 Å². The zero-order chi connectivity index (χ0) is 28.6. The molecular formula is C28H31F3N4O4. The second-order valence-electron chi connectivity index (χ2n) is 8.65. The summed E-state index contributed by atoms with van der Waals surface area (Å²) in [5.41, 5.74) is 5.83. The molecule has 8 nitrogen and oxygen atoms in total. The SMILES string of the molecule is CC1COc2ccc(Oc3ccnc4c3CCC(=O)N4)cc21.CCNc1ccc(C=O)cc1C(F)(F)F.CN. The van der Waals surface area contributed by atoms with E-state index >= 15 is 0 Å². The lowest BCUT2D eigenvalue weighted by molar-refractivity contribution is -0.137. The topological polar surface area (TPSA) is 116 Å². The van der Waals surface area contributed by atoms with Gasteiger partial charge in [-0.05, 0) is 62.9 Å². The van der Waals surface area contributed by atoms with Crippen molar-refractivity contribution in [2.24, 2.45) is 5.73 Å². The highest BCUT2D eigenvalue weighted by atomic mass is 19.4. The molecule has 2 aliphatic rings. The maximum atomic E-state index is 12.5. The summed E-state index contributed by atoms with van der Waals surface area (Å²) in [6, 6.07) is 11.2. The number of nitrogens with two attached hydrogens (primary N) is 1. The predicted molar refractivity (Wildman–Crippen MR) is 143 cm³/mol. The molecule has 5 rings (SSSR count). The monoisotopic (exact) mass is 544 g/mol. The van der Waals surface area contributed by atoms with Crippen LogP contribution in [0.25, 0.3) is 0 Å². The summed E-state index contributed by atoms with van der Waals surface area (Å²) in [5.74, 6) is 3.44. The molecule has 2 aliphatic heterocycles. The Bertz CT molecular complexity index is 1310. The van der Waals surface area contributed by atoms with Crippen molar-refractivity contribution >= 4 is 23.7 Å². The number of hydrogen-bond donors (Lipinski definition) is 3. The number of pyridine rings is 1. The number of ether oxygens (including phenoxy) is 2. The first-order valence-electron chi connectivity index (χ1n) is 12.4. The van der Waals surface area contributed by atoms with Crippen molar-refractivity contribution in [1.29, 1.82) is 0 Å². The number of amides is 1. The summed E-state index contributed by atoms with van der Waals surface area (Å²) in [7, 11) is 1.50. The number of nitrogens with one attached hydrogen (secondary N) is 2. The molecule has 0 aliphatic carbocycles. The number of benzene rings is 2. The van der Waals surface area contributed by atoms with Crippen LogP contribution < -0.4 is 25.8 Å². The first-order chi connectivity index (χ1) is 18.7. The molecule has 0 saturated carbocycles. The van der Waals surface area contributed by atoms with Crippen LogP contribution in [0.15, 0.2) is 48.7 Å². The van der Waals surface area contributed by atoms with Crippen molar-refractivity contribution in [2.75, 3.05) is 30.8 Å². The van der Waals surface area contributed by atoms with Crippen molar-refractivity contribution in [1.82, 2.24) is 4.98 Å². The van der Waals surface area contributed by atoms with Crippen LogP contribution in [-0.4, -0.2) is 37.4 Å². The molecule has 3 aromatic rings. The minimum absolute atomic E-state index is 0.000606. The first-order valence-corrected chi connectivity index (χ1v) is 12.4. The van der Waals surface area contributed by atoms with Gasteiger partial charge in [-0.25, -0.2) is 4.98 Å². The highest BCUT2D eigenvalue weighted by Gasteiger charge is 2.33. The van der Waals surface area contributed by atoms with Crippen LogP contribution in [-0.2, 0) is 17.4 Å². The number of rotatable bonds is 5. The number of hydrogen-bond acceptors (Lipinski definition) is 7. The van der Waals surface area contributed by atoms with Gasteiger partial charge in [0.05, 0.1) is 12.2 Å². The first kappa shape index (κ1) is 29.4. The van der Waals surface area contributed by atoms with Gasteiger partial charge in [0.2, 0.25) is 5.91 Å². The number of halogens is 3. The third-order valence-electron chi connectivity index (χ3n) is 5.95. The van der Waals surface area contributed by atoms with Crippen molar-refractivity contribution in [3.05, 3.63) is 70.9 Å². The molecule has 3 heterocycles. The summed E-state index contributed by atoms with van der Waals surface area (Å²) in [6.45, 7) is 4.95. The van der Waals surface area contributed by atoms with Crippen LogP contribution >= 0.6 is 0 Å². The van der Waals surface area contributed by atoms with Crippen LogP contribution in [0.3, 0.4) is 0 Å². The van der Waals surface area contributed by atoms with Crippen LogP contribution in [0, 0.1) is 0 Å². The molecule has 1 atom stereocenters. The highest BCUT2D eigenvalue weighted by molar-refractivity contribution is 5.93. The van der Waals surface area contributed by atoms with Gasteiger partial charge >= 0.3 is 6.18 Å². The van der Waals surface area contributed by atoms with E-state index in [1.54, 1.807) is 13.1 Å². The zero-order valence-corrected chi connectivity index (χ0v) is 21.9. The van der Waals surface area contributed by atoms with Gasteiger partial charge in [-0.2, -0.15) is 13.2 Å². The number of aromatic nitrogens is 1.